The van der Waals surface area contributed by atoms with Crippen molar-refractivity contribution in [2.75, 3.05) is 37.0 Å². The Morgan fingerprint density at radius 3 is 2.86 bits per heavy atom. The van der Waals surface area contributed by atoms with Crippen molar-refractivity contribution in [3.63, 3.8) is 0 Å². The highest BCUT2D eigenvalue weighted by Crippen LogP contribution is 2.25. The van der Waals surface area contributed by atoms with Gasteiger partial charge in [-0.15, -0.1) is 0 Å². The van der Waals surface area contributed by atoms with Gasteiger partial charge in [-0.05, 0) is 44.2 Å². The van der Waals surface area contributed by atoms with Gasteiger partial charge < -0.3 is 15.0 Å². The number of amides is 1. The first kappa shape index (κ1) is 21.0. The molecule has 29 heavy (non-hydrogen) atoms. The molecular weight excluding hydrogens is 368 g/mol. The fourth-order valence-corrected chi connectivity index (χ4v) is 3.83. The summed E-state index contributed by atoms with van der Waals surface area (Å²) in [4.78, 5) is 27.0. The van der Waals surface area contributed by atoms with Crippen LogP contribution in [0, 0.1) is 19.8 Å². The first-order valence-electron chi connectivity index (χ1n) is 10.1. The molecule has 1 aliphatic heterocycles. The van der Waals surface area contributed by atoms with Crippen molar-refractivity contribution in [1.82, 2.24) is 9.78 Å². The summed E-state index contributed by atoms with van der Waals surface area (Å²) in [6, 6.07) is 7.66. The normalized spacial score (nSPS) is 16.7. The van der Waals surface area contributed by atoms with E-state index in [1.54, 1.807) is 19.4 Å². The molecule has 7 heteroatoms. The van der Waals surface area contributed by atoms with Gasteiger partial charge in [-0.25, -0.2) is 4.68 Å². The molecule has 1 aromatic carbocycles. The van der Waals surface area contributed by atoms with Gasteiger partial charge in [-0.1, -0.05) is 17.7 Å². The number of nitrogens with one attached hydrogen (secondary N) is 1. The second-order valence-corrected chi connectivity index (χ2v) is 7.79. The fourth-order valence-electron chi connectivity index (χ4n) is 3.83. The summed E-state index contributed by atoms with van der Waals surface area (Å²) < 4.78 is 6.41. The van der Waals surface area contributed by atoms with Crippen LogP contribution in [0.2, 0.25) is 0 Å². The van der Waals surface area contributed by atoms with Crippen LogP contribution in [-0.4, -0.2) is 42.5 Å². The maximum Gasteiger partial charge on any atom is 0.268 e. The third-order valence-electron chi connectivity index (χ3n) is 5.38. The van der Waals surface area contributed by atoms with Crippen molar-refractivity contribution in [2.24, 2.45) is 5.92 Å². The lowest BCUT2D eigenvalue weighted by Gasteiger charge is -2.34. The summed E-state index contributed by atoms with van der Waals surface area (Å²) >= 11 is 0. The van der Waals surface area contributed by atoms with Crippen molar-refractivity contribution in [3.05, 3.63) is 51.9 Å². The predicted molar refractivity (Wildman–Crippen MR) is 114 cm³/mol. The molecular formula is C22H30N4O3. The summed E-state index contributed by atoms with van der Waals surface area (Å²) in [7, 11) is 1.60. The van der Waals surface area contributed by atoms with Crippen molar-refractivity contribution in [1.29, 1.82) is 0 Å². The Kier molecular flexibility index (Phi) is 7.04. The Labute approximate surface area is 171 Å². The molecule has 1 saturated heterocycles. The van der Waals surface area contributed by atoms with Crippen LogP contribution in [-0.2, 0) is 16.1 Å². The Hall–Kier alpha value is -2.67. The van der Waals surface area contributed by atoms with Crippen molar-refractivity contribution >= 4 is 17.3 Å². The Balaban J connectivity index is 1.59. The van der Waals surface area contributed by atoms with Gasteiger partial charge in [-0.2, -0.15) is 5.10 Å². The van der Waals surface area contributed by atoms with Crippen LogP contribution in [0.3, 0.4) is 0 Å². The topological polar surface area (TPSA) is 76.5 Å². The zero-order valence-corrected chi connectivity index (χ0v) is 17.5. The van der Waals surface area contributed by atoms with Gasteiger partial charge >= 0.3 is 0 Å². The van der Waals surface area contributed by atoms with E-state index in [0.717, 1.165) is 42.9 Å². The molecule has 0 bridgehead atoms. The molecule has 1 unspecified atom stereocenters. The molecule has 0 saturated carbocycles. The van der Waals surface area contributed by atoms with E-state index in [1.807, 2.05) is 26.0 Å². The summed E-state index contributed by atoms with van der Waals surface area (Å²) in [5.41, 5.74) is 3.82. The first-order valence-corrected chi connectivity index (χ1v) is 10.1. The average molecular weight is 399 g/mol. The van der Waals surface area contributed by atoms with Crippen LogP contribution in [0.25, 0.3) is 0 Å². The molecule has 0 radical (unpaired) electrons. The lowest BCUT2D eigenvalue weighted by molar-refractivity contribution is -0.117. The second kappa shape index (κ2) is 9.69. The number of nitrogens with zero attached hydrogens (tertiary/aromatic N) is 3. The molecule has 3 rings (SSSR count). The third-order valence-corrected chi connectivity index (χ3v) is 5.38. The smallest absolute Gasteiger partial charge is 0.268 e. The minimum Gasteiger partial charge on any atom is -0.383 e. The van der Waals surface area contributed by atoms with E-state index in [-0.39, 0.29) is 17.4 Å². The summed E-state index contributed by atoms with van der Waals surface area (Å²) in [5, 5.41) is 7.29. The molecule has 1 N–H and O–H groups in total. The molecule has 0 aliphatic carbocycles. The number of carbonyl (C=O) groups excluding carboxylic acids is 1. The van der Waals surface area contributed by atoms with Gasteiger partial charge in [0.15, 0.2) is 0 Å². The Morgan fingerprint density at radius 2 is 2.14 bits per heavy atom. The van der Waals surface area contributed by atoms with Crippen molar-refractivity contribution in [2.45, 2.75) is 39.7 Å². The predicted octanol–water partition coefficient (Wildman–Crippen LogP) is 2.75. The maximum atomic E-state index is 12.6. The van der Waals surface area contributed by atoms with Gasteiger partial charge in [-0.3, -0.25) is 9.59 Å². The molecule has 1 amide bonds. The minimum atomic E-state index is -0.130. The van der Waals surface area contributed by atoms with E-state index < -0.39 is 0 Å². The van der Waals surface area contributed by atoms with E-state index in [2.05, 4.69) is 21.4 Å². The monoisotopic (exact) mass is 398 g/mol. The molecule has 1 atom stereocenters. The number of benzene rings is 1. The average Bonchev–Trinajstić information content (AvgIpc) is 2.69. The SMILES string of the molecule is COCCn1ncc(N2CCCC(CC(=O)Nc3ccc(C)cc3C)C2)cc1=O. The van der Waals surface area contributed by atoms with Crippen LogP contribution in [0.4, 0.5) is 11.4 Å². The van der Waals surface area contributed by atoms with Crippen LogP contribution >= 0.6 is 0 Å². The molecule has 2 aromatic rings. The minimum absolute atomic E-state index is 0.0388. The van der Waals surface area contributed by atoms with Crippen LogP contribution in [0.15, 0.2) is 35.3 Å². The number of rotatable bonds is 7. The lowest BCUT2D eigenvalue weighted by Crippen LogP contribution is -2.38. The van der Waals surface area contributed by atoms with Crippen LogP contribution in [0.5, 0.6) is 0 Å². The maximum absolute atomic E-state index is 12.6. The van der Waals surface area contributed by atoms with Gasteiger partial charge in [0.2, 0.25) is 5.91 Å². The zero-order chi connectivity index (χ0) is 20.8. The molecule has 0 spiro atoms. The standard InChI is InChI=1S/C22H30N4O3/c1-16-6-7-20(17(2)11-16)24-21(27)12-18-5-4-8-25(15-18)19-13-22(28)26(23-14-19)9-10-29-3/h6-7,11,13-14,18H,4-5,8-10,12,15H2,1-3H3,(H,24,27). The quantitative estimate of drug-likeness (QED) is 0.776. The highest BCUT2D eigenvalue weighted by Gasteiger charge is 2.23. The van der Waals surface area contributed by atoms with Gasteiger partial charge in [0.1, 0.15) is 0 Å². The first-order chi connectivity index (χ1) is 14.0. The number of anilines is 2. The highest BCUT2D eigenvalue weighted by molar-refractivity contribution is 5.91. The number of ether oxygens (including phenoxy) is 1. The summed E-state index contributed by atoms with van der Waals surface area (Å²) in [6.07, 6.45) is 4.21. The highest BCUT2D eigenvalue weighted by atomic mass is 16.5. The number of aromatic nitrogens is 2. The molecule has 1 aromatic heterocycles. The third kappa shape index (κ3) is 5.67. The second-order valence-electron chi connectivity index (χ2n) is 7.79. The summed E-state index contributed by atoms with van der Waals surface area (Å²) in [6.45, 7) is 6.57. The number of methoxy groups -OCH3 is 1. The van der Waals surface area contributed by atoms with E-state index in [0.29, 0.717) is 19.6 Å². The van der Waals surface area contributed by atoms with Crippen molar-refractivity contribution in [3.8, 4) is 0 Å². The molecule has 156 valence electrons. The van der Waals surface area contributed by atoms with E-state index in [9.17, 15) is 9.59 Å². The van der Waals surface area contributed by atoms with Crippen LogP contribution in [0.1, 0.15) is 30.4 Å². The number of piperidine rings is 1. The molecule has 2 heterocycles. The molecule has 1 aliphatic rings. The van der Waals surface area contributed by atoms with Crippen LogP contribution < -0.4 is 15.8 Å². The molecule has 7 nitrogen and oxygen atoms in total. The van der Waals surface area contributed by atoms with E-state index >= 15 is 0 Å². The summed E-state index contributed by atoms with van der Waals surface area (Å²) in [5.74, 6) is 0.294. The number of aryl methyl sites for hydroxylation is 2. The lowest BCUT2D eigenvalue weighted by atomic mass is 9.94. The number of carbonyl (C=O) groups is 1. The number of hydrogen-bond donors (Lipinski definition) is 1. The van der Waals surface area contributed by atoms with E-state index in [1.165, 1.54) is 10.2 Å². The number of hydrogen-bond acceptors (Lipinski definition) is 5. The zero-order valence-electron chi connectivity index (χ0n) is 17.5. The Morgan fingerprint density at radius 1 is 1.31 bits per heavy atom. The van der Waals surface area contributed by atoms with Crippen molar-refractivity contribution < 1.29 is 9.53 Å². The van der Waals surface area contributed by atoms with Gasteiger partial charge in [0, 0.05) is 38.4 Å². The fraction of sp³-hybridized carbons (Fsp3) is 0.500. The van der Waals surface area contributed by atoms with Gasteiger partial charge in [0.05, 0.1) is 25.0 Å². The van der Waals surface area contributed by atoms with Gasteiger partial charge in [0.25, 0.3) is 5.56 Å². The van der Waals surface area contributed by atoms with E-state index in [4.69, 9.17) is 4.74 Å². The molecule has 1 fully saturated rings. The largest absolute Gasteiger partial charge is 0.383 e. The Bertz CT molecular complexity index is 909.